The van der Waals surface area contributed by atoms with Crippen molar-refractivity contribution in [2.24, 2.45) is 0 Å². The number of hydrogen-bond donors (Lipinski definition) is 0. The zero-order valence-electron chi connectivity index (χ0n) is 28.8. The lowest BCUT2D eigenvalue weighted by Crippen LogP contribution is -2.00. The van der Waals surface area contributed by atoms with Gasteiger partial charge in [-0.2, -0.15) is 0 Å². The minimum absolute atomic E-state index is 0.635. The van der Waals surface area contributed by atoms with Crippen LogP contribution in [0.3, 0.4) is 0 Å². The lowest BCUT2D eigenvalue weighted by atomic mass is 10.0. The van der Waals surface area contributed by atoms with Crippen molar-refractivity contribution >= 4 is 32.6 Å². The van der Waals surface area contributed by atoms with E-state index >= 15 is 0 Å². The molecule has 53 heavy (non-hydrogen) atoms. The maximum Gasteiger partial charge on any atom is 0.164 e. The van der Waals surface area contributed by atoms with E-state index in [2.05, 4.69) is 193 Å². The second kappa shape index (κ2) is 12.9. The zero-order chi connectivity index (χ0) is 35.1. The molecule has 10 aromatic rings. The summed E-state index contributed by atoms with van der Waals surface area (Å²) < 4.78 is 2.36. The number of fused-ring (bicyclic) bond motifs is 4. The predicted octanol–water partition coefficient (Wildman–Crippen LogP) is 12.5. The summed E-state index contributed by atoms with van der Waals surface area (Å²) in [6.07, 6.45) is 0. The van der Waals surface area contributed by atoms with Crippen LogP contribution in [0.25, 0.3) is 94.7 Å². The molecular formula is C49H32N4. The third kappa shape index (κ3) is 5.63. The van der Waals surface area contributed by atoms with Crippen LogP contribution in [0.2, 0.25) is 0 Å². The summed E-state index contributed by atoms with van der Waals surface area (Å²) in [6.45, 7) is 0. The van der Waals surface area contributed by atoms with Crippen molar-refractivity contribution in [1.82, 2.24) is 19.5 Å². The van der Waals surface area contributed by atoms with Gasteiger partial charge in [0, 0.05) is 33.2 Å². The summed E-state index contributed by atoms with van der Waals surface area (Å²) in [5.41, 5.74) is 10.9. The van der Waals surface area contributed by atoms with E-state index in [1.54, 1.807) is 0 Å². The van der Waals surface area contributed by atoms with Gasteiger partial charge in [0.25, 0.3) is 0 Å². The molecule has 0 radical (unpaired) electrons. The molecule has 4 heteroatoms. The molecule has 0 saturated heterocycles. The van der Waals surface area contributed by atoms with Crippen LogP contribution in [0, 0.1) is 0 Å². The number of hydrogen-bond acceptors (Lipinski definition) is 3. The molecule has 0 aliphatic carbocycles. The highest BCUT2D eigenvalue weighted by Crippen LogP contribution is 2.34. The van der Waals surface area contributed by atoms with Gasteiger partial charge in [0.05, 0.1) is 11.0 Å². The largest absolute Gasteiger partial charge is 0.309 e. The molecule has 4 nitrogen and oxygen atoms in total. The number of nitrogens with zero attached hydrogens (tertiary/aromatic N) is 4. The molecule has 248 valence electrons. The Kier molecular flexibility index (Phi) is 7.43. The lowest BCUT2D eigenvalue weighted by molar-refractivity contribution is 1.07. The van der Waals surface area contributed by atoms with Crippen LogP contribution in [0.5, 0.6) is 0 Å². The highest BCUT2D eigenvalue weighted by atomic mass is 15.0. The van der Waals surface area contributed by atoms with Crippen LogP contribution in [0.4, 0.5) is 0 Å². The second-order valence-electron chi connectivity index (χ2n) is 13.3. The van der Waals surface area contributed by atoms with E-state index in [0.29, 0.717) is 17.5 Å². The molecule has 10 rings (SSSR count). The van der Waals surface area contributed by atoms with E-state index < -0.39 is 0 Å². The molecule has 0 atom stereocenters. The molecule has 0 saturated carbocycles. The first-order valence-electron chi connectivity index (χ1n) is 17.9. The molecule has 0 aliphatic heterocycles. The first-order valence-corrected chi connectivity index (χ1v) is 17.9. The van der Waals surface area contributed by atoms with Gasteiger partial charge in [-0.1, -0.05) is 164 Å². The van der Waals surface area contributed by atoms with Crippen LogP contribution >= 0.6 is 0 Å². The van der Waals surface area contributed by atoms with Crippen LogP contribution in [0.1, 0.15) is 0 Å². The van der Waals surface area contributed by atoms with Gasteiger partial charge in [0.2, 0.25) is 0 Å². The van der Waals surface area contributed by atoms with Gasteiger partial charge in [-0.3, -0.25) is 0 Å². The van der Waals surface area contributed by atoms with E-state index in [1.165, 1.54) is 32.8 Å². The van der Waals surface area contributed by atoms with E-state index in [0.717, 1.165) is 44.5 Å². The predicted molar refractivity (Wildman–Crippen MR) is 219 cm³/mol. The standard InChI is InChI=1S/C49H32N4/c1-2-11-33(12-3-1)35-21-26-37(27-22-35)47-50-48(52-49(51-47)41-30-25-34-13-4-5-14-39(34)31-41)38-28-23-36(24-29-38)40-15-10-16-42(32-40)53-45-19-8-6-17-43(45)44-18-7-9-20-46(44)53/h1-32H. The average Bonchev–Trinajstić information content (AvgIpc) is 3.58. The smallest absolute Gasteiger partial charge is 0.164 e. The minimum Gasteiger partial charge on any atom is -0.309 e. The van der Waals surface area contributed by atoms with Gasteiger partial charge in [-0.15, -0.1) is 0 Å². The quantitative estimate of drug-likeness (QED) is 0.176. The highest BCUT2D eigenvalue weighted by molar-refractivity contribution is 6.09. The van der Waals surface area contributed by atoms with Crippen LogP contribution < -0.4 is 0 Å². The molecule has 0 spiro atoms. The Morgan fingerprint density at radius 2 is 0.736 bits per heavy atom. The van der Waals surface area contributed by atoms with Gasteiger partial charge < -0.3 is 4.57 Å². The van der Waals surface area contributed by atoms with Gasteiger partial charge in [0.1, 0.15) is 0 Å². The summed E-state index contributed by atoms with van der Waals surface area (Å²) in [5, 5.41) is 4.84. The normalized spacial score (nSPS) is 11.4. The van der Waals surface area contributed by atoms with E-state index in [4.69, 9.17) is 15.0 Å². The molecule has 0 fully saturated rings. The minimum atomic E-state index is 0.635. The summed E-state index contributed by atoms with van der Waals surface area (Å²) >= 11 is 0. The van der Waals surface area contributed by atoms with Crippen molar-refractivity contribution in [3.63, 3.8) is 0 Å². The maximum absolute atomic E-state index is 5.05. The second-order valence-corrected chi connectivity index (χ2v) is 13.3. The van der Waals surface area contributed by atoms with Gasteiger partial charge in [0.15, 0.2) is 17.5 Å². The average molecular weight is 677 g/mol. The van der Waals surface area contributed by atoms with Crippen LogP contribution in [0.15, 0.2) is 194 Å². The molecule has 0 aliphatic rings. The van der Waals surface area contributed by atoms with Gasteiger partial charge >= 0.3 is 0 Å². The number of aromatic nitrogens is 4. The summed E-state index contributed by atoms with van der Waals surface area (Å²) in [6, 6.07) is 68.2. The highest BCUT2D eigenvalue weighted by Gasteiger charge is 2.15. The number of rotatable bonds is 6. The first-order chi connectivity index (χ1) is 26.2. The summed E-state index contributed by atoms with van der Waals surface area (Å²) in [5.74, 6) is 1.92. The Morgan fingerprint density at radius 1 is 0.283 bits per heavy atom. The third-order valence-electron chi connectivity index (χ3n) is 10.1. The molecule has 0 amide bonds. The van der Waals surface area contributed by atoms with Gasteiger partial charge in [-0.25, -0.2) is 15.0 Å². The Hall–Kier alpha value is -7.17. The Morgan fingerprint density at radius 3 is 1.38 bits per heavy atom. The van der Waals surface area contributed by atoms with Crippen molar-refractivity contribution in [3.8, 4) is 62.1 Å². The number of benzene rings is 8. The first kappa shape index (κ1) is 30.6. The number of para-hydroxylation sites is 2. The molecule has 0 N–H and O–H groups in total. The third-order valence-corrected chi connectivity index (χ3v) is 10.1. The van der Waals surface area contributed by atoms with Crippen LogP contribution in [-0.2, 0) is 0 Å². The van der Waals surface area contributed by atoms with Crippen LogP contribution in [-0.4, -0.2) is 19.5 Å². The molecule has 2 heterocycles. The summed E-state index contributed by atoms with van der Waals surface area (Å²) in [7, 11) is 0. The molecule has 8 aromatic carbocycles. The molecule has 0 unspecified atom stereocenters. The molecule has 0 bridgehead atoms. The molecule has 2 aromatic heterocycles. The topological polar surface area (TPSA) is 43.6 Å². The van der Waals surface area contributed by atoms with Crippen molar-refractivity contribution in [2.75, 3.05) is 0 Å². The fraction of sp³-hybridized carbons (Fsp3) is 0. The van der Waals surface area contributed by atoms with Crippen molar-refractivity contribution < 1.29 is 0 Å². The SMILES string of the molecule is c1ccc(-c2ccc(-c3nc(-c4ccc(-c5cccc(-n6c7ccccc7c7ccccc76)c5)cc4)nc(-c4ccc5ccccc5c4)n3)cc2)cc1. The Labute approximate surface area is 307 Å². The van der Waals surface area contributed by atoms with E-state index in [-0.39, 0.29) is 0 Å². The monoisotopic (exact) mass is 676 g/mol. The Bertz CT molecular complexity index is 2870. The lowest BCUT2D eigenvalue weighted by Gasteiger charge is -2.11. The maximum atomic E-state index is 5.05. The fourth-order valence-electron chi connectivity index (χ4n) is 7.37. The van der Waals surface area contributed by atoms with E-state index in [9.17, 15) is 0 Å². The zero-order valence-corrected chi connectivity index (χ0v) is 28.8. The van der Waals surface area contributed by atoms with Crippen molar-refractivity contribution in [3.05, 3.63) is 194 Å². The van der Waals surface area contributed by atoms with E-state index in [1.807, 2.05) is 6.07 Å². The van der Waals surface area contributed by atoms with Crippen molar-refractivity contribution in [1.29, 1.82) is 0 Å². The van der Waals surface area contributed by atoms with Gasteiger partial charge in [-0.05, 0) is 63.4 Å². The van der Waals surface area contributed by atoms with Crippen molar-refractivity contribution in [2.45, 2.75) is 0 Å². The fourth-order valence-corrected chi connectivity index (χ4v) is 7.37. The summed E-state index contributed by atoms with van der Waals surface area (Å²) in [4.78, 5) is 15.1. The molecular weight excluding hydrogens is 645 g/mol. The Balaban J connectivity index is 1.04.